The quantitative estimate of drug-likeness (QED) is 0.123. The van der Waals surface area contributed by atoms with Crippen LogP contribution in [-0.4, -0.2) is 14.1 Å². The summed E-state index contributed by atoms with van der Waals surface area (Å²) >= 11 is 0. The third-order valence-electron chi connectivity index (χ3n) is 18.8. The summed E-state index contributed by atoms with van der Waals surface area (Å²) in [6, 6.07) is 65.7. The van der Waals surface area contributed by atoms with Crippen LogP contribution in [0.2, 0.25) is 0 Å². The number of hydrogen-bond acceptors (Lipinski definition) is 2. The zero-order chi connectivity index (χ0) is 65.9. The molecule has 1 aliphatic carbocycles. The van der Waals surface area contributed by atoms with Crippen molar-refractivity contribution in [3.05, 3.63) is 233 Å². The minimum absolute atomic E-state index is 0. The maximum Gasteiger partial charge on any atom is 0.268 e. The van der Waals surface area contributed by atoms with Gasteiger partial charge in [-0.3, -0.25) is 4.57 Å². The fourth-order valence-corrected chi connectivity index (χ4v) is 13.6. The van der Waals surface area contributed by atoms with Crippen molar-refractivity contribution in [1.29, 1.82) is 0 Å². The molecular weight excluding hydrogens is 1250 g/mol. The van der Waals surface area contributed by atoms with Crippen LogP contribution < -0.4 is 9.30 Å². The standard InChI is InChI=1S/C82H78N4O.Pt/c1-50-22-20-23-51(2)75(50)53-40-64(52-30-32-54(33-31-52)78(3,4)5)76-67(41-53)66-48-70-69(81(12,13)37-38-82(70,14)15)47-65(66)60-26-16-17-27-61(60)68-42-56(80(9,10)11)43-73-77(68)85(76)49-84(73)57-24-21-25-58(45-57)87-59-34-35-63-62-28-18-19-29-71(62)86(72(63)46-59)74-44-55(36-39-83-74)79(6,7)8;/h16-36,39-44,47-48H,37-38H2,1-15H3;/q-2;/i1D3,2D3;. The van der Waals surface area contributed by atoms with Gasteiger partial charge in [-0.1, -0.05) is 193 Å². The van der Waals surface area contributed by atoms with Crippen LogP contribution in [0.1, 0.15) is 150 Å². The summed E-state index contributed by atoms with van der Waals surface area (Å²) in [6.45, 7) is 24.1. The second kappa shape index (κ2) is 21.0. The predicted molar refractivity (Wildman–Crippen MR) is 362 cm³/mol. The topological polar surface area (TPSA) is 35.9 Å². The van der Waals surface area contributed by atoms with Crippen molar-refractivity contribution in [1.82, 2.24) is 14.1 Å². The van der Waals surface area contributed by atoms with Gasteiger partial charge in [0.2, 0.25) is 0 Å². The van der Waals surface area contributed by atoms with Crippen molar-refractivity contribution in [2.24, 2.45) is 0 Å². The van der Waals surface area contributed by atoms with Gasteiger partial charge in [-0.25, -0.2) is 4.98 Å². The van der Waals surface area contributed by atoms with Gasteiger partial charge in [0.25, 0.3) is 6.33 Å². The molecule has 2 aliphatic rings. The summed E-state index contributed by atoms with van der Waals surface area (Å²) in [4.78, 5) is 4.93. The number of benzene rings is 9. The molecule has 0 unspecified atom stereocenters. The third kappa shape index (κ3) is 9.88. The zero-order valence-electron chi connectivity index (χ0n) is 58.7. The molecule has 0 saturated carbocycles. The van der Waals surface area contributed by atoms with Gasteiger partial charge in [-0.15, -0.1) is 29.7 Å². The fourth-order valence-electron chi connectivity index (χ4n) is 13.6. The second-order valence-corrected chi connectivity index (χ2v) is 28.7. The Kier molecular flexibility index (Phi) is 12.4. The van der Waals surface area contributed by atoms with E-state index in [1.807, 2.05) is 36.5 Å². The van der Waals surface area contributed by atoms with Crippen LogP contribution in [0.15, 0.2) is 176 Å². The van der Waals surface area contributed by atoms with Crippen molar-refractivity contribution in [3.8, 4) is 84.3 Å². The SMILES string of the molecule is [2H]C([2H])([2H])c1cccc(C([2H])([2H])[2H])c1-c1cc(-c2ccc(C(C)(C)C)cc2)c2c(c1)-c1cc3c(cc1-c1ccccc1-c1cc(C(C)(C)C)cc4c1[n+]-2[c-]n4-c1[c-]c(Oc2[c-]c4c(cc2)c2ccccc2n4-c2cc(C(C)(C)C)ccn2)ccc1)C(C)(C)CCC3(C)C.[Pt]. The Balaban J connectivity index is 0.00000803. The first-order valence-corrected chi connectivity index (χ1v) is 30.6. The van der Waals surface area contributed by atoms with Crippen LogP contribution in [0.3, 0.4) is 0 Å². The van der Waals surface area contributed by atoms with Crippen LogP contribution in [0.5, 0.6) is 11.5 Å². The number of rotatable bonds is 6. The van der Waals surface area contributed by atoms with E-state index in [4.69, 9.17) is 17.9 Å². The molecule has 1 aliphatic heterocycles. The summed E-state index contributed by atoms with van der Waals surface area (Å²) < 4.78 is 67.7. The molecule has 14 rings (SSSR count). The van der Waals surface area contributed by atoms with Gasteiger partial charge in [0.05, 0.1) is 16.7 Å². The number of para-hydroxylation sites is 1. The Hall–Kier alpha value is -8.11. The molecule has 12 aromatic rings. The van der Waals surface area contributed by atoms with E-state index < -0.39 is 13.7 Å². The smallest absolute Gasteiger partial charge is 0.268 e. The maximum atomic E-state index is 9.05. The molecule has 4 heterocycles. The second-order valence-electron chi connectivity index (χ2n) is 28.7. The van der Waals surface area contributed by atoms with Crippen LogP contribution in [0, 0.1) is 32.2 Å². The number of aryl methyl sites for hydroxylation is 2. The first-order valence-electron chi connectivity index (χ1n) is 33.6. The van der Waals surface area contributed by atoms with Gasteiger partial charge in [0, 0.05) is 52.5 Å². The van der Waals surface area contributed by atoms with Gasteiger partial charge in [-0.2, -0.15) is 18.2 Å². The van der Waals surface area contributed by atoms with E-state index in [2.05, 4.69) is 243 Å². The summed E-state index contributed by atoms with van der Waals surface area (Å²) in [5.41, 5.74) is 18.2. The molecule has 0 atom stereocenters. The molecule has 0 saturated heterocycles. The van der Waals surface area contributed by atoms with Crippen LogP contribution in [0.25, 0.3) is 106 Å². The van der Waals surface area contributed by atoms with E-state index >= 15 is 0 Å². The first kappa shape index (κ1) is 51.9. The zero-order valence-corrected chi connectivity index (χ0v) is 54.9. The van der Waals surface area contributed by atoms with Crippen LogP contribution >= 0.6 is 0 Å². The minimum atomic E-state index is -2.66. The number of aromatic nitrogens is 4. The Labute approximate surface area is 543 Å². The largest absolute Gasteiger partial charge is 0.510 e. The van der Waals surface area contributed by atoms with E-state index in [1.165, 1.54) is 16.7 Å². The monoisotopic (exact) mass is 1340 g/mol. The molecule has 444 valence electrons. The number of pyridine rings is 1. The van der Waals surface area contributed by atoms with Crippen molar-refractivity contribution >= 4 is 32.8 Å². The summed E-state index contributed by atoms with van der Waals surface area (Å²) in [5, 5.41) is 2.12. The fraction of sp³-hybridized carbons (Fsp3) is 0.268. The number of nitrogens with zero attached hydrogens (tertiary/aromatic N) is 4. The third-order valence-corrected chi connectivity index (χ3v) is 18.8. The molecule has 0 radical (unpaired) electrons. The van der Waals surface area contributed by atoms with E-state index in [-0.39, 0.29) is 64.8 Å². The number of fused-ring (bicyclic) bond motifs is 11. The van der Waals surface area contributed by atoms with Crippen LogP contribution in [0.4, 0.5) is 0 Å². The molecule has 6 heteroatoms. The molecule has 9 aromatic carbocycles. The normalized spacial score (nSPS) is 15.6. The Bertz CT molecular complexity index is 5010. The molecule has 0 spiro atoms. The Morgan fingerprint density at radius 1 is 0.511 bits per heavy atom. The Morgan fingerprint density at radius 3 is 1.80 bits per heavy atom. The van der Waals surface area contributed by atoms with E-state index in [0.29, 0.717) is 22.7 Å². The van der Waals surface area contributed by atoms with Gasteiger partial charge in [-0.05, 0) is 202 Å². The van der Waals surface area contributed by atoms with E-state index in [0.717, 1.165) is 113 Å². The van der Waals surface area contributed by atoms with E-state index in [9.17, 15) is 0 Å². The van der Waals surface area contributed by atoms with Crippen molar-refractivity contribution in [2.45, 2.75) is 144 Å². The molecule has 5 nitrogen and oxygen atoms in total. The molecule has 0 bridgehead atoms. The number of imidazole rings is 1. The van der Waals surface area contributed by atoms with Gasteiger partial charge >= 0.3 is 0 Å². The minimum Gasteiger partial charge on any atom is -0.510 e. The average molecular weight is 1340 g/mol. The average Bonchev–Trinajstić information content (AvgIpc) is 1.44. The number of ether oxygens (including phenoxy) is 1. The predicted octanol–water partition coefficient (Wildman–Crippen LogP) is 21.1. The van der Waals surface area contributed by atoms with Gasteiger partial charge in [0.15, 0.2) is 0 Å². The van der Waals surface area contributed by atoms with Gasteiger partial charge < -0.3 is 13.9 Å². The summed E-state index contributed by atoms with van der Waals surface area (Å²) in [6.07, 6.45) is 7.89. The number of hydrogen-bond donors (Lipinski definition) is 0. The molecule has 0 fully saturated rings. The van der Waals surface area contributed by atoms with Crippen molar-refractivity contribution in [3.63, 3.8) is 0 Å². The molecule has 0 N–H and O–H groups in total. The molecule has 3 aromatic heterocycles. The Morgan fingerprint density at radius 2 is 1.12 bits per heavy atom. The van der Waals surface area contributed by atoms with Crippen molar-refractivity contribution < 1.29 is 38.6 Å². The van der Waals surface area contributed by atoms with Gasteiger partial charge in [0.1, 0.15) is 5.82 Å². The first-order chi connectivity index (χ1) is 43.7. The molecular formula is C82H78N4OPt-2. The van der Waals surface area contributed by atoms with E-state index in [1.54, 1.807) is 18.2 Å². The maximum absolute atomic E-state index is 9.05. The van der Waals surface area contributed by atoms with Crippen molar-refractivity contribution in [2.75, 3.05) is 0 Å². The summed E-state index contributed by atoms with van der Waals surface area (Å²) in [7, 11) is 0. The molecule has 0 amide bonds. The molecule has 88 heavy (non-hydrogen) atoms. The summed E-state index contributed by atoms with van der Waals surface area (Å²) in [5.74, 6) is 1.79. The van der Waals surface area contributed by atoms with Crippen LogP contribution in [-0.2, 0) is 48.1 Å².